The molecular formula is C17H27NO3. The second kappa shape index (κ2) is 9.40. The third-order valence-corrected chi connectivity index (χ3v) is 3.39. The molecule has 1 atom stereocenters. The normalized spacial score (nSPS) is 12.0. The molecule has 1 unspecified atom stereocenters. The molecule has 118 valence electrons. The van der Waals surface area contributed by atoms with Crippen molar-refractivity contribution in [1.82, 2.24) is 5.32 Å². The zero-order valence-electron chi connectivity index (χ0n) is 13.6. The maximum absolute atomic E-state index is 12.1. The molecule has 0 aromatic heterocycles. The maximum atomic E-state index is 12.1. The topological polar surface area (TPSA) is 47.6 Å². The Balaban J connectivity index is 2.45. The van der Waals surface area contributed by atoms with Crippen molar-refractivity contribution >= 4 is 5.91 Å². The van der Waals surface area contributed by atoms with Crippen molar-refractivity contribution in [3.63, 3.8) is 0 Å². The van der Waals surface area contributed by atoms with Crippen LogP contribution in [0.15, 0.2) is 18.2 Å². The summed E-state index contributed by atoms with van der Waals surface area (Å²) in [5.74, 6) is 0.682. The number of hydrogen-bond donors (Lipinski definition) is 1. The van der Waals surface area contributed by atoms with Gasteiger partial charge in [0.25, 0.3) is 5.91 Å². The van der Waals surface area contributed by atoms with Crippen LogP contribution in [0, 0.1) is 13.8 Å². The minimum absolute atomic E-state index is 0.0628. The first-order chi connectivity index (χ1) is 10.1. The van der Waals surface area contributed by atoms with E-state index in [-0.39, 0.29) is 5.91 Å². The average Bonchev–Trinajstić information content (AvgIpc) is 2.48. The van der Waals surface area contributed by atoms with E-state index in [4.69, 9.17) is 9.47 Å². The largest absolute Gasteiger partial charge is 0.481 e. The van der Waals surface area contributed by atoms with Crippen molar-refractivity contribution in [3.05, 3.63) is 29.3 Å². The molecule has 0 aliphatic rings. The Morgan fingerprint density at radius 3 is 2.62 bits per heavy atom. The number of carbonyl (C=O) groups is 1. The molecule has 0 saturated carbocycles. The summed E-state index contributed by atoms with van der Waals surface area (Å²) < 4.78 is 11.0. The van der Waals surface area contributed by atoms with Gasteiger partial charge in [0.1, 0.15) is 5.75 Å². The molecule has 0 aliphatic heterocycles. The van der Waals surface area contributed by atoms with Gasteiger partial charge in [-0.2, -0.15) is 0 Å². The summed E-state index contributed by atoms with van der Waals surface area (Å²) in [6.45, 7) is 10.0. The van der Waals surface area contributed by atoms with Gasteiger partial charge in [-0.05, 0) is 56.9 Å². The molecule has 0 fully saturated rings. The molecule has 1 amide bonds. The van der Waals surface area contributed by atoms with Gasteiger partial charge in [-0.1, -0.05) is 13.0 Å². The molecule has 0 heterocycles. The number of carbonyl (C=O) groups excluding carboxylic acids is 1. The van der Waals surface area contributed by atoms with E-state index in [1.807, 2.05) is 39.0 Å². The molecule has 0 bridgehead atoms. The van der Waals surface area contributed by atoms with Crippen LogP contribution in [0.5, 0.6) is 5.75 Å². The van der Waals surface area contributed by atoms with Crippen molar-refractivity contribution < 1.29 is 14.3 Å². The minimum Gasteiger partial charge on any atom is -0.481 e. The molecule has 1 N–H and O–H groups in total. The Morgan fingerprint density at radius 2 is 2.00 bits per heavy atom. The zero-order valence-corrected chi connectivity index (χ0v) is 13.6. The third-order valence-electron chi connectivity index (χ3n) is 3.39. The van der Waals surface area contributed by atoms with Gasteiger partial charge in [0.15, 0.2) is 6.10 Å². The highest BCUT2D eigenvalue weighted by molar-refractivity contribution is 5.81. The average molecular weight is 293 g/mol. The summed E-state index contributed by atoms with van der Waals surface area (Å²) in [6, 6.07) is 5.89. The van der Waals surface area contributed by atoms with Crippen LogP contribution in [0.2, 0.25) is 0 Å². The maximum Gasteiger partial charge on any atom is 0.261 e. The number of amides is 1. The van der Waals surface area contributed by atoms with Crippen LogP contribution in [0.4, 0.5) is 0 Å². The van der Waals surface area contributed by atoms with Crippen molar-refractivity contribution in [2.75, 3.05) is 19.8 Å². The first kappa shape index (κ1) is 17.5. The molecule has 1 aromatic carbocycles. The fourth-order valence-corrected chi connectivity index (χ4v) is 1.92. The highest BCUT2D eigenvalue weighted by Crippen LogP contribution is 2.18. The van der Waals surface area contributed by atoms with E-state index in [0.29, 0.717) is 26.2 Å². The Bertz CT molecular complexity index is 446. The molecular weight excluding hydrogens is 266 g/mol. The van der Waals surface area contributed by atoms with Crippen LogP contribution in [-0.2, 0) is 9.53 Å². The third kappa shape index (κ3) is 6.17. The number of hydrogen-bond acceptors (Lipinski definition) is 3. The number of benzene rings is 1. The molecule has 1 rings (SSSR count). The van der Waals surface area contributed by atoms with Gasteiger partial charge in [0, 0.05) is 19.8 Å². The zero-order chi connectivity index (χ0) is 15.7. The fourth-order valence-electron chi connectivity index (χ4n) is 1.92. The minimum atomic E-state index is -0.445. The smallest absolute Gasteiger partial charge is 0.261 e. The van der Waals surface area contributed by atoms with Gasteiger partial charge in [0.05, 0.1) is 0 Å². The van der Waals surface area contributed by atoms with Crippen LogP contribution in [0.1, 0.15) is 37.8 Å². The molecule has 4 nitrogen and oxygen atoms in total. The lowest BCUT2D eigenvalue weighted by atomic mass is 10.1. The van der Waals surface area contributed by atoms with Gasteiger partial charge < -0.3 is 14.8 Å². The van der Waals surface area contributed by atoms with E-state index < -0.39 is 6.10 Å². The quantitative estimate of drug-likeness (QED) is 0.712. The lowest BCUT2D eigenvalue weighted by molar-refractivity contribution is -0.128. The van der Waals surface area contributed by atoms with Gasteiger partial charge in [0.2, 0.25) is 0 Å². The lowest BCUT2D eigenvalue weighted by Gasteiger charge is -2.18. The van der Waals surface area contributed by atoms with Gasteiger partial charge in [-0.15, -0.1) is 0 Å². The van der Waals surface area contributed by atoms with E-state index in [0.717, 1.165) is 12.2 Å². The Labute approximate surface area is 127 Å². The number of ether oxygens (including phenoxy) is 2. The van der Waals surface area contributed by atoms with E-state index in [2.05, 4.69) is 12.2 Å². The number of rotatable bonds is 9. The molecule has 21 heavy (non-hydrogen) atoms. The standard InChI is InChI=1S/C17H27NO3/c1-5-16(17(19)18-10-7-11-20-6-2)21-15-9-8-13(3)14(4)12-15/h8-9,12,16H,5-7,10-11H2,1-4H3,(H,18,19). The number of aryl methyl sites for hydroxylation is 2. The second-order valence-corrected chi connectivity index (χ2v) is 5.10. The van der Waals surface area contributed by atoms with Crippen molar-refractivity contribution in [1.29, 1.82) is 0 Å². The summed E-state index contributed by atoms with van der Waals surface area (Å²) in [7, 11) is 0. The fraction of sp³-hybridized carbons (Fsp3) is 0.588. The Morgan fingerprint density at radius 1 is 1.24 bits per heavy atom. The SMILES string of the molecule is CCOCCCNC(=O)C(CC)Oc1ccc(C)c(C)c1. The number of nitrogens with one attached hydrogen (secondary N) is 1. The molecule has 0 spiro atoms. The Kier molecular flexibility index (Phi) is 7.83. The Hall–Kier alpha value is -1.55. The molecule has 0 radical (unpaired) electrons. The van der Waals surface area contributed by atoms with Crippen LogP contribution in [0.3, 0.4) is 0 Å². The van der Waals surface area contributed by atoms with Crippen LogP contribution >= 0.6 is 0 Å². The van der Waals surface area contributed by atoms with Crippen molar-refractivity contribution in [3.8, 4) is 5.75 Å². The van der Waals surface area contributed by atoms with Crippen LogP contribution in [-0.4, -0.2) is 31.8 Å². The van der Waals surface area contributed by atoms with Gasteiger partial charge in [-0.3, -0.25) is 4.79 Å². The summed E-state index contributed by atoms with van der Waals surface area (Å²) in [4.78, 5) is 12.1. The predicted molar refractivity (Wildman–Crippen MR) is 84.7 cm³/mol. The first-order valence-electron chi connectivity index (χ1n) is 7.67. The summed E-state index contributed by atoms with van der Waals surface area (Å²) in [5.41, 5.74) is 2.38. The van der Waals surface area contributed by atoms with Gasteiger partial charge in [-0.25, -0.2) is 0 Å². The second-order valence-electron chi connectivity index (χ2n) is 5.10. The van der Waals surface area contributed by atoms with Crippen LogP contribution < -0.4 is 10.1 Å². The summed E-state index contributed by atoms with van der Waals surface area (Å²) >= 11 is 0. The van der Waals surface area contributed by atoms with E-state index >= 15 is 0 Å². The molecule has 0 aliphatic carbocycles. The monoisotopic (exact) mass is 293 g/mol. The van der Waals surface area contributed by atoms with E-state index in [1.165, 1.54) is 11.1 Å². The van der Waals surface area contributed by atoms with Crippen molar-refractivity contribution in [2.24, 2.45) is 0 Å². The highest BCUT2D eigenvalue weighted by atomic mass is 16.5. The predicted octanol–water partition coefficient (Wildman–Crippen LogP) is 3.00. The van der Waals surface area contributed by atoms with Crippen molar-refractivity contribution in [2.45, 2.75) is 46.6 Å². The van der Waals surface area contributed by atoms with Crippen LogP contribution in [0.25, 0.3) is 0 Å². The van der Waals surface area contributed by atoms with E-state index in [9.17, 15) is 4.79 Å². The molecule has 0 saturated heterocycles. The van der Waals surface area contributed by atoms with Gasteiger partial charge >= 0.3 is 0 Å². The molecule has 4 heteroatoms. The summed E-state index contributed by atoms with van der Waals surface area (Å²) in [5, 5.41) is 2.89. The summed E-state index contributed by atoms with van der Waals surface area (Å²) in [6.07, 6.45) is 1.02. The first-order valence-corrected chi connectivity index (χ1v) is 7.67. The lowest BCUT2D eigenvalue weighted by Crippen LogP contribution is -2.38. The molecule has 1 aromatic rings. The van der Waals surface area contributed by atoms with E-state index in [1.54, 1.807) is 0 Å². The highest BCUT2D eigenvalue weighted by Gasteiger charge is 2.17.